The third-order valence-electron chi connectivity index (χ3n) is 4.50. The smallest absolute Gasteiger partial charge is 0.234 e. The molecule has 0 saturated carbocycles. The molecule has 0 aromatic heterocycles. The molecule has 3 rings (SSSR count). The van der Waals surface area contributed by atoms with Crippen LogP contribution < -0.4 is 15.4 Å². The van der Waals surface area contributed by atoms with E-state index in [9.17, 15) is 14.9 Å². The molecule has 31 heavy (non-hydrogen) atoms. The maximum Gasteiger partial charge on any atom is 0.234 e. The van der Waals surface area contributed by atoms with Crippen LogP contribution in [0.3, 0.4) is 0 Å². The Morgan fingerprint density at radius 3 is 2.74 bits per heavy atom. The van der Waals surface area contributed by atoms with Crippen molar-refractivity contribution in [2.24, 2.45) is 0 Å². The quantitative estimate of drug-likeness (QED) is 0.523. The molecule has 0 fully saturated rings. The number of anilines is 1. The van der Waals surface area contributed by atoms with Crippen molar-refractivity contribution >= 4 is 56.8 Å². The van der Waals surface area contributed by atoms with Crippen molar-refractivity contribution in [3.05, 3.63) is 68.1 Å². The monoisotopic (exact) mass is 519 g/mol. The number of allylic oxidation sites excluding steroid dienone is 1. The normalized spacial score (nSPS) is 15.8. The predicted octanol–water partition coefficient (Wildman–Crippen LogP) is 5.21. The number of nitrogens with zero attached hydrogens (tertiary/aromatic N) is 1. The molecule has 2 aromatic carbocycles. The van der Waals surface area contributed by atoms with Gasteiger partial charge >= 0.3 is 0 Å². The summed E-state index contributed by atoms with van der Waals surface area (Å²) in [5, 5.41) is 16.0. The van der Waals surface area contributed by atoms with Crippen LogP contribution in [0.25, 0.3) is 0 Å². The molecule has 6 nitrogen and oxygen atoms in total. The summed E-state index contributed by atoms with van der Waals surface area (Å²) in [7, 11) is 0. The zero-order valence-corrected chi connectivity index (χ0v) is 19.7. The Balaban J connectivity index is 1.74. The van der Waals surface area contributed by atoms with E-state index in [1.165, 1.54) is 0 Å². The number of rotatable bonds is 7. The zero-order chi connectivity index (χ0) is 22.4. The topological polar surface area (TPSA) is 91.2 Å². The van der Waals surface area contributed by atoms with Crippen LogP contribution >= 0.6 is 39.3 Å². The van der Waals surface area contributed by atoms with Crippen LogP contribution in [0.5, 0.6) is 5.75 Å². The van der Waals surface area contributed by atoms with Crippen molar-refractivity contribution in [1.82, 2.24) is 5.32 Å². The molecule has 160 valence electrons. The van der Waals surface area contributed by atoms with Gasteiger partial charge in [0.1, 0.15) is 5.75 Å². The van der Waals surface area contributed by atoms with Gasteiger partial charge in [0.15, 0.2) is 0 Å². The maximum atomic E-state index is 12.4. The number of amides is 2. The van der Waals surface area contributed by atoms with Crippen molar-refractivity contribution in [1.29, 1.82) is 5.26 Å². The van der Waals surface area contributed by atoms with Crippen LogP contribution in [0.2, 0.25) is 5.02 Å². The summed E-state index contributed by atoms with van der Waals surface area (Å²) in [6, 6.07) is 14.7. The second-order valence-electron chi connectivity index (χ2n) is 6.62. The van der Waals surface area contributed by atoms with Crippen molar-refractivity contribution in [2.45, 2.75) is 19.3 Å². The molecule has 0 spiro atoms. The maximum absolute atomic E-state index is 12.4. The number of ether oxygens (including phenoxy) is 1. The van der Waals surface area contributed by atoms with Gasteiger partial charge in [-0.15, -0.1) is 0 Å². The van der Waals surface area contributed by atoms with Crippen LogP contribution in [0.15, 0.2) is 57.5 Å². The van der Waals surface area contributed by atoms with Gasteiger partial charge in [0.2, 0.25) is 11.8 Å². The van der Waals surface area contributed by atoms with Crippen molar-refractivity contribution in [2.75, 3.05) is 17.7 Å². The molecule has 9 heteroatoms. The molecule has 1 aliphatic heterocycles. The van der Waals surface area contributed by atoms with E-state index in [1.807, 2.05) is 31.2 Å². The summed E-state index contributed by atoms with van der Waals surface area (Å²) in [5.41, 5.74) is 1.77. The number of carbonyl (C=O) groups is 2. The highest BCUT2D eigenvalue weighted by Crippen LogP contribution is 2.36. The van der Waals surface area contributed by atoms with Crippen LogP contribution in [0.4, 0.5) is 5.69 Å². The predicted molar refractivity (Wildman–Crippen MR) is 126 cm³/mol. The van der Waals surface area contributed by atoms with Crippen LogP contribution in [0, 0.1) is 11.3 Å². The Hall–Kier alpha value is -2.47. The van der Waals surface area contributed by atoms with Crippen molar-refractivity contribution < 1.29 is 14.3 Å². The third kappa shape index (κ3) is 6.03. The molecule has 0 bridgehead atoms. The summed E-state index contributed by atoms with van der Waals surface area (Å²) in [6.45, 7) is 2.46. The number of hydrogen-bond acceptors (Lipinski definition) is 5. The van der Waals surface area contributed by atoms with Gasteiger partial charge < -0.3 is 15.4 Å². The molecular weight excluding hydrogens is 502 g/mol. The van der Waals surface area contributed by atoms with Gasteiger partial charge in [0, 0.05) is 16.8 Å². The zero-order valence-electron chi connectivity index (χ0n) is 16.6. The van der Waals surface area contributed by atoms with Crippen LogP contribution in [-0.2, 0) is 9.59 Å². The van der Waals surface area contributed by atoms with E-state index in [1.54, 1.807) is 18.2 Å². The summed E-state index contributed by atoms with van der Waals surface area (Å²) in [5.74, 6) is -0.121. The Morgan fingerprint density at radius 2 is 2.10 bits per heavy atom. The van der Waals surface area contributed by atoms with Crippen molar-refractivity contribution in [3.63, 3.8) is 0 Å². The number of nitriles is 1. The Labute approximate surface area is 198 Å². The second-order valence-corrected chi connectivity index (χ2v) is 8.93. The molecule has 1 aliphatic rings. The minimum atomic E-state index is -0.374. The molecule has 0 unspecified atom stereocenters. The fourth-order valence-electron chi connectivity index (χ4n) is 3.10. The molecule has 0 radical (unpaired) electrons. The van der Waals surface area contributed by atoms with E-state index in [-0.39, 0.29) is 29.9 Å². The highest BCUT2D eigenvalue weighted by atomic mass is 79.9. The minimum absolute atomic E-state index is 0.0170. The van der Waals surface area contributed by atoms with E-state index in [4.69, 9.17) is 16.3 Å². The average molecular weight is 521 g/mol. The molecule has 2 aromatic rings. The van der Waals surface area contributed by atoms with Crippen molar-refractivity contribution in [3.8, 4) is 11.8 Å². The molecule has 2 amide bonds. The van der Waals surface area contributed by atoms with Crippen LogP contribution in [0.1, 0.15) is 24.8 Å². The molecule has 1 atom stereocenters. The number of nitrogens with one attached hydrogen (secondary N) is 2. The Kier molecular flexibility index (Phi) is 8.02. The highest BCUT2D eigenvalue weighted by molar-refractivity contribution is 9.10. The summed E-state index contributed by atoms with van der Waals surface area (Å²) >= 11 is 10.6. The SMILES string of the molecule is CCOc1ccc([C@@H]2CC(=O)NC(SCC(=O)Nc3ccc(Br)cc3Cl)=C2C#N)cc1. The Morgan fingerprint density at radius 1 is 1.35 bits per heavy atom. The second kappa shape index (κ2) is 10.7. The molecule has 1 heterocycles. The number of halogens is 2. The largest absolute Gasteiger partial charge is 0.494 e. The summed E-state index contributed by atoms with van der Waals surface area (Å²) < 4.78 is 6.26. The lowest BCUT2D eigenvalue weighted by Crippen LogP contribution is -2.31. The minimum Gasteiger partial charge on any atom is -0.494 e. The first-order chi connectivity index (χ1) is 14.9. The van der Waals surface area contributed by atoms with Gasteiger partial charge in [-0.1, -0.05) is 51.4 Å². The van der Waals surface area contributed by atoms with E-state index in [0.29, 0.717) is 27.9 Å². The van der Waals surface area contributed by atoms with Gasteiger partial charge in [0.05, 0.1) is 39.7 Å². The van der Waals surface area contributed by atoms with E-state index >= 15 is 0 Å². The van der Waals surface area contributed by atoms with Gasteiger partial charge in [-0.25, -0.2) is 0 Å². The third-order valence-corrected chi connectivity index (χ3v) is 6.33. The lowest BCUT2D eigenvalue weighted by molar-refractivity contribution is -0.121. The van der Waals surface area contributed by atoms with Gasteiger partial charge in [-0.05, 0) is 42.8 Å². The number of benzene rings is 2. The van der Waals surface area contributed by atoms with E-state index in [0.717, 1.165) is 27.5 Å². The average Bonchev–Trinajstić information content (AvgIpc) is 2.74. The molecule has 2 N–H and O–H groups in total. The fourth-order valence-corrected chi connectivity index (χ4v) is 4.69. The first kappa shape index (κ1) is 23.2. The number of carbonyl (C=O) groups excluding carboxylic acids is 2. The first-order valence-electron chi connectivity index (χ1n) is 9.45. The number of hydrogen-bond donors (Lipinski definition) is 2. The summed E-state index contributed by atoms with van der Waals surface area (Å²) in [6.07, 6.45) is 0.168. The molecular formula is C22H19BrClN3O3S. The van der Waals surface area contributed by atoms with E-state index in [2.05, 4.69) is 32.6 Å². The van der Waals surface area contributed by atoms with Gasteiger partial charge in [-0.2, -0.15) is 5.26 Å². The fraction of sp³-hybridized carbons (Fsp3) is 0.227. The standard InChI is InChI=1S/C22H19BrClN3O3S/c1-2-30-15-6-3-13(4-7-15)16-10-20(28)27-22(17(16)11-25)31-12-21(29)26-19-8-5-14(23)9-18(19)24/h3-9,16H,2,10,12H2,1H3,(H,26,29)(H,27,28)/t16-/m0/s1. The van der Waals surface area contributed by atoms with Gasteiger partial charge in [-0.3, -0.25) is 9.59 Å². The first-order valence-corrected chi connectivity index (χ1v) is 11.6. The Bertz CT molecular complexity index is 1070. The molecule has 0 aliphatic carbocycles. The summed E-state index contributed by atoms with van der Waals surface area (Å²) in [4.78, 5) is 24.7. The lowest BCUT2D eigenvalue weighted by atomic mass is 9.87. The molecule has 0 saturated heterocycles. The number of thioether (sulfide) groups is 1. The van der Waals surface area contributed by atoms with E-state index < -0.39 is 0 Å². The van der Waals surface area contributed by atoms with Crippen LogP contribution in [-0.4, -0.2) is 24.2 Å². The lowest BCUT2D eigenvalue weighted by Gasteiger charge is -2.25. The highest BCUT2D eigenvalue weighted by Gasteiger charge is 2.30. The van der Waals surface area contributed by atoms with Gasteiger partial charge in [0.25, 0.3) is 0 Å².